The predicted molar refractivity (Wildman–Crippen MR) is 72.9 cm³/mol. The van der Waals surface area contributed by atoms with Gasteiger partial charge in [0.05, 0.1) is 0 Å². The summed E-state index contributed by atoms with van der Waals surface area (Å²) in [6.07, 6.45) is 0. The van der Waals surface area contributed by atoms with Crippen molar-refractivity contribution in [2.24, 2.45) is 0 Å². The molecule has 0 aliphatic carbocycles. The Hall–Kier alpha value is -1.72. The van der Waals surface area contributed by atoms with Crippen LogP contribution in [0.15, 0.2) is 36.4 Å². The van der Waals surface area contributed by atoms with Crippen molar-refractivity contribution in [2.45, 2.75) is 19.5 Å². The fraction of sp³-hybridized carbons (Fsp3) is 0.214. The van der Waals surface area contributed by atoms with E-state index in [1.807, 2.05) is 6.92 Å². The molecule has 19 heavy (non-hydrogen) atoms. The molecule has 1 heterocycles. The minimum atomic E-state index is -0.900. The molecule has 2 N–H and O–H groups in total. The number of thiophene rings is 1. The summed E-state index contributed by atoms with van der Waals surface area (Å²) >= 11 is 1.26. The minimum Gasteiger partial charge on any atom is -0.477 e. The summed E-state index contributed by atoms with van der Waals surface area (Å²) in [6, 6.07) is 9.83. The number of benzene rings is 1. The second-order valence-electron chi connectivity index (χ2n) is 4.23. The number of rotatable bonds is 5. The second kappa shape index (κ2) is 5.95. The Balaban J connectivity index is 1.94. The fourth-order valence-corrected chi connectivity index (χ4v) is 2.51. The first-order valence-electron chi connectivity index (χ1n) is 5.87. The highest BCUT2D eigenvalue weighted by Gasteiger charge is 2.09. The van der Waals surface area contributed by atoms with Crippen LogP contribution in [0.5, 0.6) is 0 Å². The molecule has 0 fully saturated rings. The predicted octanol–water partition coefficient (Wildman–Crippen LogP) is 3.44. The normalized spacial score (nSPS) is 12.3. The first-order chi connectivity index (χ1) is 9.06. The molecule has 3 nitrogen and oxygen atoms in total. The van der Waals surface area contributed by atoms with Crippen molar-refractivity contribution in [3.63, 3.8) is 0 Å². The first kappa shape index (κ1) is 13.7. The van der Waals surface area contributed by atoms with Crippen molar-refractivity contribution < 1.29 is 14.3 Å². The molecule has 2 rings (SSSR count). The Morgan fingerprint density at radius 1 is 1.32 bits per heavy atom. The number of hydrogen-bond acceptors (Lipinski definition) is 3. The maximum Gasteiger partial charge on any atom is 0.345 e. The van der Waals surface area contributed by atoms with Gasteiger partial charge in [-0.1, -0.05) is 12.1 Å². The van der Waals surface area contributed by atoms with Crippen LogP contribution in [0.25, 0.3) is 0 Å². The van der Waals surface area contributed by atoms with E-state index in [2.05, 4.69) is 5.32 Å². The highest BCUT2D eigenvalue weighted by Crippen LogP contribution is 2.18. The highest BCUT2D eigenvalue weighted by molar-refractivity contribution is 7.13. The van der Waals surface area contributed by atoms with Gasteiger partial charge in [-0.05, 0) is 36.8 Å². The van der Waals surface area contributed by atoms with E-state index < -0.39 is 5.97 Å². The van der Waals surface area contributed by atoms with Crippen LogP contribution in [0.3, 0.4) is 0 Å². The summed E-state index contributed by atoms with van der Waals surface area (Å²) in [4.78, 5) is 12.1. The van der Waals surface area contributed by atoms with Crippen LogP contribution in [0.1, 0.15) is 33.1 Å². The van der Waals surface area contributed by atoms with E-state index in [9.17, 15) is 9.18 Å². The number of hydrogen-bond donors (Lipinski definition) is 2. The molecule has 0 spiro atoms. The van der Waals surface area contributed by atoms with E-state index in [0.717, 1.165) is 10.4 Å². The van der Waals surface area contributed by atoms with Gasteiger partial charge in [-0.2, -0.15) is 0 Å². The van der Waals surface area contributed by atoms with E-state index in [4.69, 9.17) is 5.11 Å². The Bertz CT molecular complexity index is 565. The van der Waals surface area contributed by atoms with Gasteiger partial charge < -0.3 is 10.4 Å². The zero-order chi connectivity index (χ0) is 13.8. The van der Waals surface area contributed by atoms with Gasteiger partial charge in [0.25, 0.3) is 0 Å². The molecular weight excluding hydrogens is 265 g/mol. The van der Waals surface area contributed by atoms with E-state index in [1.165, 1.54) is 23.5 Å². The van der Waals surface area contributed by atoms with Gasteiger partial charge in [-0.25, -0.2) is 9.18 Å². The van der Waals surface area contributed by atoms with Crippen LogP contribution in [0.4, 0.5) is 4.39 Å². The average Bonchev–Trinajstić information content (AvgIpc) is 2.86. The van der Waals surface area contributed by atoms with Gasteiger partial charge in [0.1, 0.15) is 10.7 Å². The van der Waals surface area contributed by atoms with Crippen LogP contribution in [0.2, 0.25) is 0 Å². The van der Waals surface area contributed by atoms with Crippen molar-refractivity contribution in [1.82, 2.24) is 5.32 Å². The number of halogens is 1. The molecule has 100 valence electrons. The number of carboxylic acids is 1. The standard InChI is InChI=1S/C14H14FNO2S/c1-9(10-2-4-11(15)5-3-10)16-8-12-6-7-13(19-12)14(17)18/h2-7,9,16H,8H2,1H3,(H,17,18)/t9-/m0/s1. The molecule has 5 heteroatoms. The van der Waals surface area contributed by atoms with E-state index >= 15 is 0 Å². The average molecular weight is 279 g/mol. The van der Waals surface area contributed by atoms with Gasteiger partial charge in [0.15, 0.2) is 0 Å². The lowest BCUT2D eigenvalue weighted by Crippen LogP contribution is -2.17. The third-order valence-corrected chi connectivity index (χ3v) is 3.90. The van der Waals surface area contributed by atoms with Crippen LogP contribution < -0.4 is 5.32 Å². The highest BCUT2D eigenvalue weighted by atomic mass is 32.1. The lowest BCUT2D eigenvalue weighted by Gasteiger charge is -2.13. The van der Waals surface area contributed by atoms with Crippen LogP contribution in [0, 0.1) is 5.82 Å². The summed E-state index contributed by atoms with van der Waals surface area (Å²) < 4.78 is 12.8. The minimum absolute atomic E-state index is 0.0796. The molecule has 0 amide bonds. The molecule has 2 aromatic rings. The Morgan fingerprint density at radius 2 is 2.00 bits per heavy atom. The molecule has 0 unspecified atom stereocenters. The molecule has 1 atom stereocenters. The molecule has 0 radical (unpaired) electrons. The van der Waals surface area contributed by atoms with E-state index in [-0.39, 0.29) is 11.9 Å². The van der Waals surface area contributed by atoms with Gasteiger partial charge >= 0.3 is 5.97 Å². The Morgan fingerprint density at radius 3 is 2.58 bits per heavy atom. The lowest BCUT2D eigenvalue weighted by atomic mass is 10.1. The summed E-state index contributed by atoms with van der Waals surface area (Å²) in [6.45, 7) is 2.58. The van der Waals surface area contributed by atoms with Gasteiger partial charge in [-0.15, -0.1) is 11.3 Å². The van der Waals surface area contributed by atoms with Crippen molar-refractivity contribution in [1.29, 1.82) is 0 Å². The Labute approximate surface area is 114 Å². The van der Waals surface area contributed by atoms with Crippen molar-refractivity contribution >= 4 is 17.3 Å². The largest absolute Gasteiger partial charge is 0.477 e. The van der Waals surface area contributed by atoms with Gasteiger partial charge in [0, 0.05) is 17.5 Å². The molecule has 0 saturated heterocycles. The van der Waals surface area contributed by atoms with Crippen LogP contribution in [-0.2, 0) is 6.54 Å². The van der Waals surface area contributed by atoms with E-state index in [1.54, 1.807) is 24.3 Å². The molecule has 0 aliphatic rings. The number of carboxylic acid groups (broad SMARTS) is 1. The Kier molecular flexibility index (Phi) is 4.29. The zero-order valence-corrected chi connectivity index (χ0v) is 11.2. The third-order valence-electron chi connectivity index (χ3n) is 2.82. The molecule has 0 saturated carbocycles. The van der Waals surface area contributed by atoms with Crippen LogP contribution in [-0.4, -0.2) is 11.1 Å². The zero-order valence-electron chi connectivity index (χ0n) is 10.4. The summed E-state index contributed by atoms with van der Waals surface area (Å²) in [5.41, 5.74) is 0.997. The SMILES string of the molecule is C[C@H](NCc1ccc(C(=O)O)s1)c1ccc(F)cc1. The lowest BCUT2D eigenvalue weighted by molar-refractivity contribution is 0.0702. The summed E-state index contributed by atoms with van der Waals surface area (Å²) in [5, 5.41) is 12.1. The topological polar surface area (TPSA) is 49.3 Å². The fourth-order valence-electron chi connectivity index (χ4n) is 1.71. The first-order valence-corrected chi connectivity index (χ1v) is 6.69. The van der Waals surface area contributed by atoms with E-state index in [0.29, 0.717) is 11.4 Å². The monoisotopic (exact) mass is 279 g/mol. The third kappa shape index (κ3) is 3.62. The second-order valence-corrected chi connectivity index (χ2v) is 5.39. The number of carbonyl (C=O) groups is 1. The summed E-state index contributed by atoms with van der Waals surface area (Å²) in [5.74, 6) is -1.15. The number of aromatic carboxylic acids is 1. The van der Waals surface area contributed by atoms with Crippen molar-refractivity contribution in [2.75, 3.05) is 0 Å². The molecular formula is C14H14FNO2S. The quantitative estimate of drug-likeness (QED) is 0.881. The smallest absolute Gasteiger partial charge is 0.345 e. The molecule has 0 bridgehead atoms. The molecule has 0 aliphatic heterocycles. The summed E-state index contributed by atoms with van der Waals surface area (Å²) in [7, 11) is 0. The maximum absolute atomic E-state index is 12.8. The van der Waals surface area contributed by atoms with Gasteiger partial charge in [0.2, 0.25) is 0 Å². The van der Waals surface area contributed by atoms with Crippen molar-refractivity contribution in [3.8, 4) is 0 Å². The van der Waals surface area contributed by atoms with Crippen LogP contribution >= 0.6 is 11.3 Å². The maximum atomic E-state index is 12.8. The number of nitrogens with one attached hydrogen (secondary N) is 1. The van der Waals surface area contributed by atoms with Crippen molar-refractivity contribution in [3.05, 3.63) is 57.5 Å². The molecule has 1 aromatic heterocycles. The molecule has 1 aromatic carbocycles. The van der Waals surface area contributed by atoms with Gasteiger partial charge in [-0.3, -0.25) is 0 Å².